The number of hydrogen-bond acceptors (Lipinski definition) is 9. The van der Waals surface area contributed by atoms with E-state index in [1.165, 1.54) is 35.7 Å². The summed E-state index contributed by atoms with van der Waals surface area (Å²) in [5.41, 5.74) is 4.46. The fourth-order valence-electron chi connectivity index (χ4n) is 5.30. The highest BCUT2D eigenvalue weighted by Crippen LogP contribution is 2.41. The second-order valence-corrected chi connectivity index (χ2v) is 11.4. The van der Waals surface area contributed by atoms with Crippen LogP contribution in [0.25, 0.3) is 21.3 Å². The minimum atomic E-state index is -0.925. The van der Waals surface area contributed by atoms with E-state index in [-0.39, 0.29) is 13.0 Å². The molecule has 0 radical (unpaired) electrons. The van der Waals surface area contributed by atoms with Gasteiger partial charge in [0, 0.05) is 55.0 Å². The van der Waals surface area contributed by atoms with E-state index >= 15 is 0 Å². The summed E-state index contributed by atoms with van der Waals surface area (Å²) in [5, 5.41) is 8.37. The lowest BCUT2D eigenvalue weighted by molar-refractivity contribution is -0.214. The van der Waals surface area contributed by atoms with Gasteiger partial charge in [0.25, 0.3) is 0 Å². The molecule has 0 aliphatic carbocycles. The molecule has 10 heteroatoms. The minimum Gasteiger partial charge on any atom is -0.463 e. The van der Waals surface area contributed by atoms with E-state index in [9.17, 15) is 14.4 Å². The number of fused-ring (bicyclic) bond motifs is 1. The number of H-pyrrole nitrogens is 1. The van der Waals surface area contributed by atoms with Crippen LogP contribution in [0.4, 0.5) is 0 Å². The van der Waals surface area contributed by atoms with Gasteiger partial charge in [0.2, 0.25) is 0 Å². The summed E-state index contributed by atoms with van der Waals surface area (Å²) in [5.74, 6) is -1.49. The van der Waals surface area contributed by atoms with Gasteiger partial charge in [0.15, 0.2) is 6.10 Å². The van der Waals surface area contributed by atoms with Gasteiger partial charge in [-0.25, -0.2) is 0 Å². The number of ether oxygens (including phenoxy) is 4. The molecule has 2 aromatic heterocycles. The summed E-state index contributed by atoms with van der Waals surface area (Å²) >= 11 is 1.75. The predicted octanol–water partition coefficient (Wildman–Crippen LogP) is 5.45. The molecule has 0 bridgehead atoms. The van der Waals surface area contributed by atoms with Crippen molar-refractivity contribution in [2.75, 3.05) is 6.61 Å². The maximum absolute atomic E-state index is 12.3. The van der Waals surface area contributed by atoms with E-state index in [2.05, 4.69) is 47.5 Å². The number of carbonyl (C=O) groups excluding carboxylic acids is 3. The minimum absolute atomic E-state index is 0.0315. The van der Waals surface area contributed by atoms with Crippen LogP contribution in [0.1, 0.15) is 54.9 Å². The molecule has 214 valence electrons. The number of carbonyl (C=O) groups is 3. The van der Waals surface area contributed by atoms with Crippen molar-refractivity contribution in [3.8, 4) is 11.3 Å². The van der Waals surface area contributed by atoms with Crippen LogP contribution in [0.2, 0.25) is 0 Å². The molecule has 41 heavy (non-hydrogen) atoms. The Labute approximate surface area is 241 Å². The number of benzene rings is 2. The van der Waals surface area contributed by atoms with Crippen molar-refractivity contribution in [1.82, 2.24) is 10.2 Å². The second kappa shape index (κ2) is 12.2. The van der Waals surface area contributed by atoms with Crippen LogP contribution >= 0.6 is 11.3 Å². The quantitative estimate of drug-likeness (QED) is 0.218. The van der Waals surface area contributed by atoms with Gasteiger partial charge in [-0.15, -0.1) is 11.3 Å². The lowest BCUT2D eigenvalue weighted by Gasteiger charge is -2.41. The van der Waals surface area contributed by atoms with Crippen LogP contribution in [0, 0.1) is 6.92 Å². The molecule has 4 atom stereocenters. The average Bonchev–Trinajstić information content (AvgIpc) is 3.59. The molecular formula is C31H32N2O7S. The number of nitrogens with zero attached hydrogens (tertiary/aromatic N) is 1. The standard InChI is InChI=1S/C31H32N2O7S/c1-17-11-25(27-9-10-32-33-27)26(14-22(17)13-24-12-21-7-5-6-8-29(21)41-24)30-31(39-20(4)36)28(38-19(3)35)15-23(40-30)16-37-18(2)34/h5-12,14,23,28,30-31H,13,15-16H2,1-4H3,(H,32,33). The molecule has 0 spiro atoms. The van der Waals surface area contributed by atoms with Crippen LogP contribution in [0.15, 0.2) is 54.7 Å². The highest BCUT2D eigenvalue weighted by Gasteiger charge is 2.45. The Bertz CT molecular complexity index is 1530. The normalized spacial score (nSPS) is 20.5. The van der Waals surface area contributed by atoms with E-state index in [0.717, 1.165) is 27.9 Å². The highest BCUT2D eigenvalue weighted by atomic mass is 32.1. The number of thiophene rings is 1. The molecule has 1 aliphatic rings. The van der Waals surface area contributed by atoms with Crippen LogP contribution in [-0.4, -0.2) is 53.0 Å². The van der Waals surface area contributed by atoms with Crippen molar-refractivity contribution in [3.05, 3.63) is 76.3 Å². The van der Waals surface area contributed by atoms with Crippen LogP contribution < -0.4 is 0 Å². The van der Waals surface area contributed by atoms with Gasteiger partial charge >= 0.3 is 17.9 Å². The van der Waals surface area contributed by atoms with E-state index in [0.29, 0.717) is 6.42 Å². The molecule has 4 unspecified atom stereocenters. The average molecular weight is 577 g/mol. The smallest absolute Gasteiger partial charge is 0.303 e. The Morgan fingerprint density at radius 1 is 1.02 bits per heavy atom. The zero-order valence-corrected chi connectivity index (χ0v) is 24.2. The Hall–Kier alpha value is -4.02. The number of aromatic nitrogens is 2. The lowest BCUT2D eigenvalue weighted by Crippen LogP contribution is -2.49. The maximum atomic E-state index is 12.3. The molecule has 1 saturated heterocycles. The Balaban J connectivity index is 1.61. The van der Waals surface area contributed by atoms with Crippen molar-refractivity contribution in [3.63, 3.8) is 0 Å². The third-order valence-electron chi connectivity index (χ3n) is 7.04. The van der Waals surface area contributed by atoms with Crippen molar-refractivity contribution >= 4 is 39.3 Å². The zero-order chi connectivity index (χ0) is 29.1. The third kappa shape index (κ3) is 6.66. The molecule has 3 heterocycles. The molecule has 2 aromatic carbocycles. The Morgan fingerprint density at radius 2 is 1.80 bits per heavy atom. The summed E-state index contributed by atoms with van der Waals surface area (Å²) in [7, 11) is 0. The number of aryl methyl sites for hydroxylation is 1. The number of aromatic amines is 1. The number of nitrogens with one attached hydrogen (secondary N) is 1. The molecule has 5 rings (SSSR count). The fourth-order valence-corrected chi connectivity index (χ4v) is 6.39. The van der Waals surface area contributed by atoms with Crippen molar-refractivity contribution in [1.29, 1.82) is 0 Å². The van der Waals surface area contributed by atoms with Crippen LogP contribution in [-0.2, 0) is 39.8 Å². The highest BCUT2D eigenvalue weighted by molar-refractivity contribution is 7.19. The van der Waals surface area contributed by atoms with Gasteiger partial charge in [-0.05, 0) is 53.3 Å². The van der Waals surface area contributed by atoms with Gasteiger partial charge in [-0.1, -0.05) is 24.3 Å². The monoisotopic (exact) mass is 576 g/mol. The van der Waals surface area contributed by atoms with Crippen molar-refractivity contribution < 1.29 is 33.3 Å². The Kier molecular flexibility index (Phi) is 8.51. The predicted molar refractivity (Wildman–Crippen MR) is 153 cm³/mol. The first-order chi connectivity index (χ1) is 19.7. The summed E-state index contributed by atoms with van der Waals surface area (Å²) in [6.07, 6.45) is -0.600. The Morgan fingerprint density at radius 3 is 2.49 bits per heavy atom. The fraction of sp³-hybridized carbons (Fsp3) is 0.355. The molecule has 0 saturated carbocycles. The summed E-state index contributed by atoms with van der Waals surface area (Å²) in [6, 6.07) is 16.5. The molecule has 9 nitrogen and oxygen atoms in total. The zero-order valence-electron chi connectivity index (χ0n) is 23.3. The van der Waals surface area contributed by atoms with Gasteiger partial charge in [-0.3, -0.25) is 19.5 Å². The first-order valence-electron chi connectivity index (χ1n) is 13.4. The summed E-state index contributed by atoms with van der Waals surface area (Å²) in [6.45, 7) is 5.97. The van der Waals surface area contributed by atoms with Crippen LogP contribution in [0.5, 0.6) is 0 Å². The molecule has 1 N–H and O–H groups in total. The van der Waals surface area contributed by atoms with Gasteiger partial charge < -0.3 is 18.9 Å². The van der Waals surface area contributed by atoms with E-state index in [4.69, 9.17) is 18.9 Å². The third-order valence-corrected chi connectivity index (χ3v) is 8.15. The SMILES string of the molecule is CC(=O)OCC1CC(OC(C)=O)C(OC(C)=O)C(c2cc(Cc3cc4ccccc4s3)c(C)cc2-c2ccn[nH]2)O1. The van der Waals surface area contributed by atoms with Crippen molar-refractivity contribution in [2.45, 2.75) is 65.0 Å². The molecule has 1 fully saturated rings. The number of rotatable bonds is 8. The lowest BCUT2D eigenvalue weighted by atomic mass is 9.86. The summed E-state index contributed by atoms with van der Waals surface area (Å²) < 4.78 is 24.4. The number of hydrogen-bond donors (Lipinski definition) is 1. The summed E-state index contributed by atoms with van der Waals surface area (Å²) in [4.78, 5) is 37.2. The van der Waals surface area contributed by atoms with Gasteiger partial charge in [0.1, 0.15) is 18.8 Å². The van der Waals surface area contributed by atoms with Gasteiger partial charge in [-0.2, -0.15) is 5.10 Å². The molecule has 1 aliphatic heterocycles. The maximum Gasteiger partial charge on any atom is 0.303 e. The van der Waals surface area contributed by atoms with E-state index < -0.39 is 42.3 Å². The first-order valence-corrected chi connectivity index (χ1v) is 14.2. The molecular weight excluding hydrogens is 544 g/mol. The van der Waals surface area contributed by atoms with E-state index in [1.54, 1.807) is 17.5 Å². The first kappa shape index (κ1) is 28.5. The second-order valence-electron chi connectivity index (χ2n) is 10.2. The molecule has 0 amide bonds. The van der Waals surface area contributed by atoms with E-state index in [1.807, 2.05) is 18.2 Å². The largest absolute Gasteiger partial charge is 0.463 e. The molecule has 4 aromatic rings. The van der Waals surface area contributed by atoms with Crippen LogP contribution in [0.3, 0.4) is 0 Å². The topological polar surface area (TPSA) is 117 Å². The van der Waals surface area contributed by atoms with Gasteiger partial charge in [0.05, 0.1) is 11.8 Å². The van der Waals surface area contributed by atoms with Crippen molar-refractivity contribution in [2.24, 2.45) is 0 Å². The number of esters is 3.